The Hall–Kier alpha value is -1.51. The van der Waals surface area contributed by atoms with E-state index in [1.807, 2.05) is 6.92 Å². The maximum atomic E-state index is 13.1. The summed E-state index contributed by atoms with van der Waals surface area (Å²) in [4.78, 5) is 3.19. The fourth-order valence-electron chi connectivity index (χ4n) is 1.78. The molecule has 0 aliphatic rings. The van der Waals surface area contributed by atoms with E-state index in [9.17, 15) is 4.39 Å². The normalized spacial score (nSPS) is 11.1. The molecule has 0 radical (unpaired) electrons. The molecule has 2 aromatic rings. The molecule has 0 unspecified atom stereocenters. The van der Waals surface area contributed by atoms with Gasteiger partial charge in [-0.2, -0.15) is 0 Å². The summed E-state index contributed by atoms with van der Waals surface area (Å²) < 4.78 is 13.1. The number of aromatic nitrogens is 1. The van der Waals surface area contributed by atoms with Crippen molar-refractivity contribution >= 4 is 16.6 Å². The number of halogens is 1. The van der Waals surface area contributed by atoms with E-state index in [4.69, 9.17) is 5.73 Å². The molecule has 1 aromatic heterocycles. The van der Waals surface area contributed by atoms with Gasteiger partial charge in [0.25, 0.3) is 0 Å². The predicted molar refractivity (Wildman–Crippen MR) is 56.8 cm³/mol. The first kappa shape index (κ1) is 9.06. The Morgan fingerprint density at radius 2 is 2.14 bits per heavy atom. The second kappa shape index (κ2) is 3.01. The van der Waals surface area contributed by atoms with Gasteiger partial charge in [0.05, 0.1) is 5.69 Å². The molecule has 1 aromatic carbocycles. The Morgan fingerprint density at radius 3 is 2.79 bits per heavy atom. The van der Waals surface area contributed by atoms with Crippen LogP contribution >= 0.6 is 0 Å². The molecular formula is C11H13FN2. The van der Waals surface area contributed by atoms with Gasteiger partial charge >= 0.3 is 0 Å². The Balaban J connectivity index is 2.80. The molecule has 74 valence electrons. The van der Waals surface area contributed by atoms with Crippen LogP contribution in [0.15, 0.2) is 12.1 Å². The van der Waals surface area contributed by atoms with Crippen LogP contribution in [0, 0.1) is 12.7 Å². The number of benzene rings is 1. The third-order valence-electron chi connectivity index (χ3n) is 2.63. The monoisotopic (exact) mass is 192 g/mol. The minimum absolute atomic E-state index is 0.210. The molecule has 1 heterocycles. The number of nitrogen functional groups attached to an aromatic ring is 1. The van der Waals surface area contributed by atoms with Crippen LogP contribution < -0.4 is 5.73 Å². The molecule has 0 fully saturated rings. The van der Waals surface area contributed by atoms with Gasteiger partial charge in [0, 0.05) is 22.7 Å². The highest BCUT2D eigenvalue weighted by Gasteiger charge is 2.08. The summed E-state index contributed by atoms with van der Waals surface area (Å²) in [5, 5.41) is 1.01. The first-order valence-electron chi connectivity index (χ1n) is 4.69. The number of aryl methyl sites for hydroxylation is 2. The van der Waals surface area contributed by atoms with Crippen molar-refractivity contribution in [2.24, 2.45) is 0 Å². The largest absolute Gasteiger partial charge is 0.396 e. The fraction of sp³-hybridized carbons (Fsp3) is 0.273. The van der Waals surface area contributed by atoms with Crippen LogP contribution in [-0.4, -0.2) is 4.98 Å². The van der Waals surface area contributed by atoms with Crippen LogP contribution in [0.25, 0.3) is 10.9 Å². The van der Waals surface area contributed by atoms with Crippen LogP contribution in [0.1, 0.15) is 18.2 Å². The number of hydrogen-bond donors (Lipinski definition) is 2. The molecule has 0 bridgehead atoms. The van der Waals surface area contributed by atoms with Crippen LogP contribution in [0.4, 0.5) is 10.1 Å². The Kier molecular flexibility index (Phi) is 1.95. The van der Waals surface area contributed by atoms with E-state index >= 15 is 0 Å². The molecule has 0 saturated heterocycles. The number of rotatable bonds is 1. The maximum Gasteiger partial charge on any atom is 0.148 e. The lowest BCUT2D eigenvalue weighted by Crippen LogP contribution is -1.89. The standard InChI is InChI=1S/C11H13FN2/c1-3-10-6(2)7-4-9(13)8(12)5-11(7)14-10/h4-5,14H,3,13H2,1-2H3. The van der Waals surface area contributed by atoms with Gasteiger partial charge in [-0.05, 0) is 25.0 Å². The van der Waals surface area contributed by atoms with Crippen molar-refractivity contribution in [3.8, 4) is 0 Å². The van der Waals surface area contributed by atoms with Crippen molar-refractivity contribution in [3.05, 3.63) is 29.2 Å². The molecule has 0 aliphatic carbocycles. The zero-order valence-electron chi connectivity index (χ0n) is 8.32. The lowest BCUT2D eigenvalue weighted by Gasteiger charge is -1.97. The highest BCUT2D eigenvalue weighted by atomic mass is 19.1. The number of anilines is 1. The van der Waals surface area contributed by atoms with Gasteiger partial charge < -0.3 is 10.7 Å². The van der Waals surface area contributed by atoms with E-state index in [0.29, 0.717) is 0 Å². The van der Waals surface area contributed by atoms with Gasteiger partial charge in [-0.25, -0.2) is 4.39 Å². The van der Waals surface area contributed by atoms with Crippen molar-refractivity contribution in [1.82, 2.24) is 4.98 Å². The van der Waals surface area contributed by atoms with E-state index in [1.165, 1.54) is 6.07 Å². The molecule has 0 atom stereocenters. The van der Waals surface area contributed by atoms with Crippen molar-refractivity contribution in [3.63, 3.8) is 0 Å². The zero-order chi connectivity index (χ0) is 10.3. The Bertz CT molecular complexity index is 485. The minimum Gasteiger partial charge on any atom is -0.396 e. The smallest absolute Gasteiger partial charge is 0.148 e. The molecule has 0 saturated carbocycles. The van der Waals surface area contributed by atoms with E-state index in [0.717, 1.165) is 28.6 Å². The maximum absolute atomic E-state index is 13.1. The lowest BCUT2D eigenvalue weighted by atomic mass is 10.1. The van der Waals surface area contributed by atoms with Crippen LogP contribution in [0.5, 0.6) is 0 Å². The van der Waals surface area contributed by atoms with E-state index in [-0.39, 0.29) is 11.5 Å². The lowest BCUT2D eigenvalue weighted by molar-refractivity contribution is 0.634. The van der Waals surface area contributed by atoms with Crippen molar-refractivity contribution < 1.29 is 4.39 Å². The number of nitrogens with two attached hydrogens (primary N) is 1. The molecule has 0 spiro atoms. The van der Waals surface area contributed by atoms with Crippen molar-refractivity contribution in [2.45, 2.75) is 20.3 Å². The second-order valence-corrected chi connectivity index (χ2v) is 3.50. The summed E-state index contributed by atoms with van der Waals surface area (Å²) in [5.41, 5.74) is 8.86. The van der Waals surface area contributed by atoms with Crippen molar-refractivity contribution in [2.75, 3.05) is 5.73 Å². The van der Waals surface area contributed by atoms with Gasteiger partial charge in [-0.1, -0.05) is 6.92 Å². The SMILES string of the molecule is CCc1[nH]c2cc(F)c(N)cc2c1C. The first-order chi connectivity index (χ1) is 6.63. The third kappa shape index (κ3) is 1.16. The van der Waals surface area contributed by atoms with Crippen LogP contribution in [-0.2, 0) is 6.42 Å². The summed E-state index contributed by atoms with van der Waals surface area (Å²) in [6.45, 7) is 4.09. The summed E-state index contributed by atoms with van der Waals surface area (Å²) >= 11 is 0. The summed E-state index contributed by atoms with van der Waals surface area (Å²) in [6.07, 6.45) is 0.919. The predicted octanol–water partition coefficient (Wildman–Crippen LogP) is 2.76. The number of H-pyrrole nitrogens is 1. The molecule has 0 amide bonds. The van der Waals surface area contributed by atoms with Crippen LogP contribution in [0.3, 0.4) is 0 Å². The summed E-state index contributed by atoms with van der Waals surface area (Å²) in [6, 6.07) is 3.15. The molecule has 2 nitrogen and oxygen atoms in total. The van der Waals surface area contributed by atoms with E-state index < -0.39 is 0 Å². The quantitative estimate of drug-likeness (QED) is 0.670. The topological polar surface area (TPSA) is 41.8 Å². The van der Waals surface area contributed by atoms with Gasteiger partial charge in [-0.3, -0.25) is 0 Å². The minimum atomic E-state index is -0.360. The Morgan fingerprint density at radius 1 is 1.43 bits per heavy atom. The summed E-state index contributed by atoms with van der Waals surface area (Å²) in [5.74, 6) is -0.360. The van der Waals surface area contributed by atoms with Gasteiger partial charge in [0.2, 0.25) is 0 Å². The van der Waals surface area contributed by atoms with Crippen LogP contribution in [0.2, 0.25) is 0 Å². The van der Waals surface area contributed by atoms with Gasteiger partial charge in [-0.15, -0.1) is 0 Å². The van der Waals surface area contributed by atoms with Gasteiger partial charge in [0.15, 0.2) is 0 Å². The number of hydrogen-bond acceptors (Lipinski definition) is 1. The Labute approximate surface area is 81.9 Å². The molecular weight excluding hydrogens is 179 g/mol. The molecule has 0 aliphatic heterocycles. The third-order valence-corrected chi connectivity index (χ3v) is 2.63. The van der Waals surface area contributed by atoms with Crippen molar-refractivity contribution in [1.29, 1.82) is 0 Å². The van der Waals surface area contributed by atoms with Gasteiger partial charge in [0.1, 0.15) is 5.82 Å². The molecule has 3 N–H and O–H groups in total. The first-order valence-corrected chi connectivity index (χ1v) is 4.69. The molecule has 14 heavy (non-hydrogen) atoms. The zero-order valence-corrected chi connectivity index (χ0v) is 8.32. The number of fused-ring (bicyclic) bond motifs is 1. The molecule has 3 heteroatoms. The number of aromatic amines is 1. The number of nitrogens with one attached hydrogen (secondary N) is 1. The summed E-state index contributed by atoms with van der Waals surface area (Å²) in [7, 11) is 0. The highest BCUT2D eigenvalue weighted by Crippen LogP contribution is 2.25. The van der Waals surface area contributed by atoms with E-state index in [2.05, 4.69) is 11.9 Å². The molecule has 2 rings (SSSR count). The fourth-order valence-corrected chi connectivity index (χ4v) is 1.78. The van der Waals surface area contributed by atoms with E-state index in [1.54, 1.807) is 6.07 Å². The average molecular weight is 192 g/mol. The average Bonchev–Trinajstić information content (AvgIpc) is 2.45. The second-order valence-electron chi connectivity index (χ2n) is 3.50. The highest BCUT2D eigenvalue weighted by molar-refractivity contribution is 5.87.